The molecule has 70 heavy (non-hydrogen) atoms. The maximum Gasteiger partial charge on any atom is 0.322 e. The van der Waals surface area contributed by atoms with Crippen LogP contribution in [0.3, 0.4) is 0 Å². The number of hydrogen-bond donors (Lipinski definition) is 14. The van der Waals surface area contributed by atoms with Gasteiger partial charge in [-0.05, 0) is 73.0 Å². The van der Waals surface area contributed by atoms with Gasteiger partial charge >= 0.3 is 5.97 Å². The molecule has 4 rings (SSSR count). The van der Waals surface area contributed by atoms with Crippen LogP contribution in [0, 0.1) is 5.92 Å². The number of carbonyl (C=O) groups is 8. The van der Waals surface area contributed by atoms with Gasteiger partial charge in [-0.3, -0.25) is 38.4 Å². The van der Waals surface area contributed by atoms with E-state index in [9.17, 15) is 43.5 Å². The highest BCUT2D eigenvalue weighted by atomic mass is 32.1. The Bertz CT molecular complexity index is 2410. The Hall–Kier alpha value is -6.62. The van der Waals surface area contributed by atoms with Crippen LogP contribution < -0.4 is 48.7 Å². The minimum absolute atomic E-state index is 0.0402. The van der Waals surface area contributed by atoms with E-state index in [0.717, 1.165) is 16.5 Å². The Morgan fingerprint density at radius 1 is 0.600 bits per heavy atom. The van der Waals surface area contributed by atoms with Crippen LogP contribution >= 0.6 is 25.3 Å². The second-order valence-corrected chi connectivity index (χ2v) is 17.8. The molecule has 0 aliphatic rings. The third-order valence-electron chi connectivity index (χ3n) is 11.2. The summed E-state index contributed by atoms with van der Waals surface area (Å²) in [7, 11) is 0. The van der Waals surface area contributed by atoms with Gasteiger partial charge < -0.3 is 63.9 Å². The van der Waals surface area contributed by atoms with Crippen LogP contribution in [0.15, 0.2) is 85.1 Å². The summed E-state index contributed by atoms with van der Waals surface area (Å²) in [5, 5.41) is 38.0. The number of phenols is 1. The molecule has 0 radical (unpaired) electrons. The molecule has 0 fully saturated rings. The molecule has 0 saturated heterocycles. The predicted octanol–water partition coefficient (Wildman–Crippen LogP) is -0.0171. The number of phenolic OH excluding ortho intramolecular Hbond substituents is 1. The van der Waals surface area contributed by atoms with Crippen molar-refractivity contribution in [1.29, 1.82) is 0 Å². The number of aromatic hydroxyl groups is 1. The molecule has 0 unspecified atom stereocenters. The van der Waals surface area contributed by atoms with Crippen molar-refractivity contribution in [2.24, 2.45) is 17.4 Å². The fourth-order valence-electron chi connectivity index (χ4n) is 7.35. The lowest BCUT2D eigenvalue weighted by molar-refractivity contribution is -0.138. The molecule has 3 aromatic carbocycles. The summed E-state index contributed by atoms with van der Waals surface area (Å²) in [6, 6.07) is 13.6. The first kappa shape index (κ1) is 56.0. The summed E-state index contributed by atoms with van der Waals surface area (Å²) in [4.78, 5) is 111. The van der Waals surface area contributed by atoms with E-state index in [1.165, 1.54) is 12.1 Å². The standard InChI is InChI=1S/C48H64N10O10S2/c1-27(2)41(48(68)57-38(25-69)43(63)52-24-40(60)61)58-44(64)35(14-8-9-19-49)53-46(66)37(22-30-23-51-34-13-7-6-12-32(30)34)55-45(65)36(21-29-15-17-31(59)18-16-29)54-47(67)39(26-70)56-42(62)33(50)20-28-10-4-3-5-11-28/h3-7,10-13,15-18,23,27,33,35-39,41,51,59,69-70H,8-9,14,19-22,24-26,49-50H2,1-2H3,(H,52,63)(H,53,66)(H,54,67)(H,55,65)(H,56,62)(H,57,68)(H,58,64)(H,60,61)/t33-,35+,36+,37-,38+,39+,41+/m1/s1. The molecular weight excluding hydrogens is 941 g/mol. The number of aliphatic carboxylic acids is 1. The number of H-pyrrole nitrogens is 1. The van der Waals surface area contributed by atoms with E-state index in [2.05, 4.69) is 67.5 Å². The van der Waals surface area contributed by atoms with Crippen LogP contribution in [-0.2, 0) is 57.6 Å². The van der Waals surface area contributed by atoms with Crippen LogP contribution in [0.5, 0.6) is 5.75 Å². The first-order chi connectivity index (χ1) is 33.4. The van der Waals surface area contributed by atoms with Crippen molar-refractivity contribution in [3.8, 4) is 5.75 Å². The van der Waals surface area contributed by atoms with E-state index in [-0.39, 0.29) is 49.5 Å². The summed E-state index contributed by atoms with van der Waals surface area (Å²) in [5.41, 5.74) is 14.7. The minimum Gasteiger partial charge on any atom is -0.508 e. The van der Waals surface area contributed by atoms with Gasteiger partial charge in [0.05, 0.1) is 6.04 Å². The zero-order chi connectivity index (χ0) is 51.3. The molecule has 0 spiro atoms. The predicted molar refractivity (Wildman–Crippen MR) is 270 cm³/mol. The van der Waals surface area contributed by atoms with E-state index in [1.54, 1.807) is 32.2 Å². The summed E-state index contributed by atoms with van der Waals surface area (Å²) in [6.45, 7) is 2.89. The summed E-state index contributed by atoms with van der Waals surface area (Å²) in [6.07, 6.45) is 2.57. The van der Waals surface area contributed by atoms with Crippen molar-refractivity contribution in [2.45, 2.75) is 94.7 Å². The fourth-order valence-corrected chi connectivity index (χ4v) is 7.86. The minimum atomic E-state index is -1.38. The van der Waals surface area contributed by atoms with Crippen molar-refractivity contribution >= 4 is 83.5 Å². The Morgan fingerprint density at radius 2 is 1.13 bits per heavy atom. The number of benzene rings is 3. The Balaban J connectivity index is 1.62. The molecule has 4 aromatic rings. The van der Waals surface area contributed by atoms with Crippen molar-refractivity contribution in [3.63, 3.8) is 0 Å². The molecule has 0 aliphatic heterocycles. The number of carboxylic acids is 1. The van der Waals surface area contributed by atoms with Gasteiger partial charge in [0.25, 0.3) is 0 Å². The highest BCUT2D eigenvalue weighted by molar-refractivity contribution is 7.80. The maximum absolute atomic E-state index is 14.6. The van der Waals surface area contributed by atoms with Gasteiger partial charge in [0.1, 0.15) is 48.5 Å². The number of amides is 7. The lowest BCUT2D eigenvalue weighted by Gasteiger charge is -2.28. The molecule has 22 heteroatoms. The summed E-state index contributed by atoms with van der Waals surface area (Å²) >= 11 is 8.43. The lowest BCUT2D eigenvalue weighted by Crippen LogP contribution is -2.61. The molecule has 378 valence electrons. The number of nitrogens with two attached hydrogens (primary N) is 2. The summed E-state index contributed by atoms with van der Waals surface area (Å²) in [5.74, 6) is -7.53. The molecule has 7 atom stereocenters. The third kappa shape index (κ3) is 17.4. The fraction of sp³-hybridized carbons (Fsp3) is 0.417. The van der Waals surface area contributed by atoms with Gasteiger partial charge in [0.2, 0.25) is 41.4 Å². The van der Waals surface area contributed by atoms with Crippen LogP contribution in [0.2, 0.25) is 0 Å². The van der Waals surface area contributed by atoms with E-state index >= 15 is 0 Å². The van der Waals surface area contributed by atoms with Crippen LogP contribution in [-0.4, -0.2) is 129 Å². The van der Waals surface area contributed by atoms with Crippen molar-refractivity contribution < 1.29 is 48.6 Å². The van der Waals surface area contributed by atoms with Crippen molar-refractivity contribution in [2.75, 3.05) is 24.6 Å². The zero-order valence-electron chi connectivity index (χ0n) is 39.0. The number of rotatable bonds is 28. The molecule has 7 amide bonds. The first-order valence-corrected chi connectivity index (χ1v) is 24.1. The molecule has 20 nitrogen and oxygen atoms in total. The molecule has 1 heterocycles. The van der Waals surface area contributed by atoms with Crippen LogP contribution in [0.25, 0.3) is 10.9 Å². The van der Waals surface area contributed by atoms with E-state index in [1.807, 2.05) is 54.6 Å². The molecule has 1 aromatic heterocycles. The molecular formula is C48H64N10O10S2. The van der Waals surface area contributed by atoms with E-state index in [4.69, 9.17) is 16.6 Å². The van der Waals surface area contributed by atoms with Crippen molar-refractivity contribution in [3.05, 3.63) is 102 Å². The Morgan fingerprint density at radius 3 is 1.74 bits per heavy atom. The number of thiol groups is 2. The second-order valence-electron chi connectivity index (χ2n) is 17.0. The number of fused-ring (bicyclic) bond motifs is 1. The zero-order valence-corrected chi connectivity index (χ0v) is 40.8. The Kier molecular flexibility index (Phi) is 22.5. The van der Waals surface area contributed by atoms with Gasteiger partial charge in [0, 0.05) is 41.4 Å². The highest BCUT2D eigenvalue weighted by Gasteiger charge is 2.35. The number of carbonyl (C=O) groups excluding carboxylic acids is 7. The van der Waals surface area contributed by atoms with Crippen LogP contribution in [0.4, 0.5) is 0 Å². The smallest absolute Gasteiger partial charge is 0.322 e. The average molecular weight is 1010 g/mol. The number of hydrogen-bond acceptors (Lipinski definition) is 13. The Labute approximate surface area is 416 Å². The second kappa shape index (κ2) is 28.1. The van der Waals surface area contributed by atoms with Crippen LogP contribution in [0.1, 0.15) is 49.8 Å². The van der Waals surface area contributed by atoms with Gasteiger partial charge in [-0.25, -0.2) is 0 Å². The summed E-state index contributed by atoms with van der Waals surface area (Å²) < 4.78 is 0. The lowest BCUT2D eigenvalue weighted by atomic mass is 10.00. The maximum atomic E-state index is 14.6. The molecule has 0 bridgehead atoms. The quantitative estimate of drug-likeness (QED) is 0.0264. The molecule has 0 aliphatic carbocycles. The number of unbranched alkanes of at least 4 members (excludes halogenated alkanes) is 1. The van der Waals surface area contributed by atoms with Crippen molar-refractivity contribution in [1.82, 2.24) is 42.2 Å². The van der Waals surface area contributed by atoms with Gasteiger partial charge in [-0.2, -0.15) is 25.3 Å². The number of nitrogens with one attached hydrogen (secondary N) is 8. The average Bonchev–Trinajstić information content (AvgIpc) is 3.75. The van der Waals surface area contributed by atoms with Gasteiger partial charge in [0.15, 0.2) is 0 Å². The largest absolute Gasteiger partial charge is 0.508 e. The monoisotopic (exact) mass is 1000 g/mol. The number of carboxylic acid groups (broad SMARTS) is 1. The number of aromatic amines is 1. The normalized spacial score (nSPS) is 14.2. The van der Waals surface area contributed by atoms with Gasteiger partial charge in [-0.15, -0.1) is 0 Å². The number of para-hydroxylation sites is 1. The third-order valence-corrected chi connectivity index (χ3v) is 12.0. The van der Waals surface area contributed by atoms with Gasteiger partial charge in [-0.1, -0.05) is 74.5 Å². The van der Waals surface area contributed by atoms with E-state index in [0.29, 0.717) is 24.0 Å². The SMILES string of the molecule is CC(C)[C@H](NC(=O)[C@H](CCCCN)NC(=O)[C@@H](Cc1c[nH]c2ccccc12)NC(=O)[C@H](Cc1ccc(O)cc1)NC(=O)[C@H](CS)NC(=O)[C@H](N)Cc1ccccc1)C(=O)N[C@@H](CS)C(=O)NCC(=O)O. The first-order valence-electron chi connectivity index (χ1n) is 22.8. The molecule has 14 N–H and O–H groups in total. The topological polar surface area (TPSA) is 329 Å². The highest BCUT2D eigenvalue weighted by Crippen LogP contribution is 2.20. The number of aromatic nitrogens is 1. The molecule has 0 saturated carbocycles. The van der Waals surface area contributed by atoms with E-state index < -0.39 is 102 Å².